The highest BCUT2D eigenvalue weighted by Crippen LogP contribution is 2.23. The van der Waals surface area contributed by atoms with Crippen LogP contribution in [0.5, 0.6) is 0 Å². The summed E-state index contributed by atoms with van der Waals surface area (Å²) in [6.07, 6.45) is 0. The maximum Gasteiger partial charge on any atom is 0.112 e. The van der Waals surface area contributed by atoms with Crippen LogP contribution in [0.15, 0.2) is 18.2 Å². The predicted octanol–water partition coefficient (Wildman–Crippen LogP) is 3.61. The van der Waals surface area contributed by atoms with Gasteiger partial charge in [-0.1, -0.05) is 13.8 Å². The fourth-order valence-electron chi connectivity index (χ4n) is 1.94. The van der Waals surface area contributed by atoms with Crippen molar-refractivity contribution in [2.75, 3.05) is 5.73 Å². The standard InChI is InChI=1S/C12H17N3.2ClH/c1-4-15-11-6-5-9(13)7-10(11)14-12(15)8(2)3;;/h5-8H,4,13H2,1-3H3;2*1H. The zero-order valence-corrected chi connectivity index (χ0v) is 11.9. The molecule has 0 unspecified atom stereocenters. The quantitative estimate of drug-likeness (QED) is 0.851. The van der Waals surface area contributed by atoms with Crippen molar-refractivity contribution in [2.24, 2.45) is 0 Å². The fraction of sp³-hybridized carbons (Fsp3) is 0.417. The summed E-state index contributed by atoms with van der Waals surface area (Å²) in [5.74, 6) is 1.58. The largest absolute Gasteiger partial charge is 0.399 e. The summed E-state index contributed by atoms with van der Waals surface area (Å²) in [6, 6.07) is 5.92. The molecular formula is C12H19Cl2N3. The number of benzene rings is 1. The lowest BCUT2D eigenvalue weighted by molar-refractivity contribution is 0.667. The Morgan fingerprint density at radius 3 is 2.47 bits per heavy atom. The predicted molar refractivity (Wildman–Crippen MR) is 78.4 cm³/mol. The number of anilines is 1. The maximum absolute atomic E-state index is 5.75. The van der Waals surface area contributed by atoms with E-state index in [1.54, 1.807) is 0 Å². The normalized spacial score (nSPS) is 10.1. The molecule has 0 saturated carbocycles. The van der Waals surface area contributed by atoms with E-state index in [9.17, 15) is 0 Å². The molecule has 0 aliphatic heterocycles. The lowest BCUT2D eigenvalue weighted by atomic mass is 10.2. The Kier molecular flexibility index (Phi) is 5.79. The third-order valence-electron chi connectivity index (χ3n) is 2.63. The van der Waals surface area contributed by atoms with Crippen LogP contribution in [-0.2, 0) is 6.54 Å². The van der Waals surface area contributed by atoms with Crippen molar-refractivity contribution < 1.29 is 0 Å². The van der Waals surface area contributed by atoms with Crippen LogP contribution in [0.25, 0.3) is 11.0 Å². The molecule has 0 atom stereocenters. The first-order valence-corrected chi connectivity index (χ1v) is 5.39. The molecule has 0 fully saturated rings. The summed E-state index contributed by atoms with van der Waals surface area (Å²) in [5.41, 5.74) is 8.70. The number of rotatable bonds is 2. The number of fused-ring (bicyclic) bond motifs is 1. The zero-order chi connectivity index (χ0) is 11.0. The molecule has 5 heteroatoms. The molecule has 1 aromatic carbocycles. The second-order valence-corrected chi connectivity index (χ2v) is 4.12. The van der Waals surface area contributed by atoms with Gasteiger partial charge in [-0.2, -0.15) is 0 Å². The SMILES string of the molecule is CCn1c(C(C)C)nc2cc(N)ccc21.Cl.Cl. The molecule has 0 aliphatic carbocycles. The summed E-state index contributed by atoms with van der Waals surface area (Å²) in [7, 11) is 0. The van der Waals surface area contributed by atoms with Gasteiger partial charge >= 0.3 is 0 Å². The monoisotopic (exact) mass is 275 g/mol. The number of aryl methyl sites for hydroxylation is 1. The minimum atomic E-state index is 0. The number of imidazole rings is 1. The summed E-state index contributed by atoms with van der Waals surface area (Å²) in [6.45, 7) is 7.42. The Bertz CT molecular complexity index is 492. The van der Waals surface area contributed by atoms with Gasteiger partial charge in [0.05, 0.1) is 11.0 Å². The van der Waals surface area contributed by atoms with Crippen LogP contribution in [0, 0.1) is 0 Å². The second kappa shape index (κ2) is 6.12. The van der Waals surface area contributed by atoms with E-state index in [0.29, 0.717) is 5.92 Å². The summed E-state index contributed by atoms with van der Waals surface area (Å²) in [5, 5.41) is 0. The van der Waals surface area contributed by atoms with Gasteiger partial charge in [-0.15, -0.1) is 24.8 Å². The number of aromatic nitrogens is 2. The van der Waals surface area contributed by atoms with Crippen molar-refractivity contribution in [2.45, 2.75) is 33.2 Å². The topological polar surface area (TPSA) is 43.8 Å². The molecule has 17 heavy (non-hydrogen) atoms. The van der Waals surface area contributed by atoms with Crippen LogP contribution < -0.4 is 5.73 Å². The number of nitrogen functional groups attached to an aromatic ring is 1. The lowest BCUT2D eigenvalue weighted by Gasteiger charge is -2.08. The van der Waals surface area contributed by atoms with Crippen molar-refractivity contribution in [3.63, 3.8) is 0 Å². The van der Waals surface area contributed by atoms with E-state index < -0.39 is 0 Å². The minimum Gasteiger partial charge on any atom is -0.399 e. The van der Waals surface area contributed by atoms with Gasteiger partial charge in [-0.05, 0) is 25.1 Å². The lowest BCUT2D eigenvalue weighted by Crippen LogP contribution is -2.03. The van der Waals surface area contributed by atoms with E-state index in [1.165, 1.54) is 5.52 Å². The number of hydrogen-bond donors (Lipinski definition) is 1. The summed E-state index contributed by atoms with van der Waals surface area (Å²) >= 11 is 0. The summed E-state index contributed by atoms with van der Waals surface area (Å²) in [4.78, 5) is 4.63. The van der Waals surface area contributed by atoms with E-state index in [2.05, 4.69) is 30.3 Å². The third kappa shape index (κ3) is 2.85. The first-order chi connectivity index (χ1) is 7.13. The molecule has 0 aliphatic rings. The Morgan fingerprint density at radius 1 is 1.29 bits per heavy atom. The van der Waals surface area contributed by atoms with E-state index in [-0.39, 0.29) is 24.8 Å². The highest BCUT2D eigenvalue weighted by molar-refractivity contribution is 5.85. The number of nitrogens with zero attached hydrogens (tertiary/aromatic N) is 2. The van der Waals surface area contributed by atoms with Gasteiger partial charge in [0, 0.05) is 18.2 Å². The van der Waals surface area contributed by atoms with Crippen LogP contribution in [0.2, 0.25) is 0 Å². The fourth-order valence-corrected chi connectivity index (χ4v) is 1.94. The number of halogens is 2. The Hall–Kier alpha value is -0.930. The first kappa shape index (κ1) is 16.1. The third-order valence-corrected chi connectivity index (χ3v) is 2.63. The van der Waals surface area contributed by atoms with Gasteiger partial charge in [-0.3, -0.25) is 0 Å². The Labute approximate surface area is 114 Å². The molecule has 0 bridgehead atoms. The van der Waals surface area contributed by atoms with E-state index in [0.717, 1.165) is 23.6 Å². The van der Waals surface area contributed by atoms with Crippen LogP contribution in [0.3, 0.4) is 0 Å². The second-order valence-electron chi connectivity index (χ2n) is 4.12. The molecule has 0 saturated heterocycles. The van der Waals surface area contributed by atoms with Crippen molar-refractivity contribution in [3.8, 4) is 0 Å². The average molecular weight is 276 g/mol. The molecule has 0 radical (unpaired) electrons. The van der Waals surface area contributed by atoms with Crippen LogP contribution in [0.1, 0.15) is 32.5 Å². The molecule has 96 valence electrons. The maximum atomic E-state index is 5.75. The zero-order valence-electron chi connectivity index (χ0n) is 10.3. The molecular weight excluding hydrogens is 257 g/mol. The Morgan fingerprint density at radius 2 is 1.94 bits per heavy atom. The molecule has 1 aromatic heterocycles. The van der Waals surface area contributed by atoms with Gasteiger partial charge in [-0.25, -0.2) is 4.98 Å². The minimum absolute atomic E-state index is 0. The van der Waals surface area contributed by atoms with Crippen LogP contribution in [0.4, 0.5) is 5.69 Å². The van der Waals surface area contributed by atoms with Gasteiger partial charge in [0.1, 0.15) is 5.82 Å². The molecule has 0 amide bonds. The summed E-state index contributed by atoms with van der Waals surface area (Å²) < 4.78 is 2.25. The molecule has 3 nitrogen and oxygen atoms in total. The van der Waals surface area contributed by atoms with E-state index in [1.807, 2.05) is 18.2 Å². The van der Waals surface area contributed by atoms with Gasteiger partial charge in [0.2, 0.25) is 0 Å². The van der Waals surface area contributed by atoms with Crippen LogP contribution in [-0.4, -0.2) is 9.55 Å². The van der Waals surface area contributed by atoms with Crippen molar-refractivity contribution in [1.29, 1.82) is 0 Å². The molecule has 2 aromatic rings. The number of hydrogen-bond acceptors (Lipinski definition) is 2. The Balaban J connectivity index is 0.00000128. The van der Waals surface area contributed by atoms with Gasteiger partial charge in [0.25, 0.3) is 0 Å². The van der Waals surface area contributed by atoms with Crippen molar-refractivity contribution >= 4 is 41.5 Å². The van der Waals surface area contributed by atoms with Crippen molar-refractivity contribution in [3.05, 3.63) is 24.0 Å². The van der Waals surface area contributed by atoms with E-state index in [4.69, 9.17) is 5.73 Å². The van der Waals surface area contributed by atoms with Gasteiger partial charge < -0.3 is 10.3 Å². The first-order valence-electron chi connectivity index (χ1n) is 5.39. The highest BCUT2D eigenvalue weighted by atomic mass is 35.5. The molecule has 1 heterocycles. The van der Waals surface area contributed by atoms with E-state index >= 15 is 0 Å². The molecule has 2 N–H and O–H groups in total. The number of nitrogens with two attached hydrogens (primary N) is 1. The highest BCUT2D eigenvalue weighted by Gasteiger charge is 2.11. The average Bonchev–Trinajstić information content (AvgIpc) is 2.55. The molecule has 2 rings (SSSR count). The smallest absolute Gasteiger partial charge is 0.112 e. The van der Waals surface area contributed by atoms with Gasteiger partial charge in [0.15, 0.2) is 0 Å². The van der Waals surface area contributed by atoms with Crippen molar-refractivity contribution in [1.82, 2.24) is 9.55 Å². The van der Waals surface area contributed by atoms with Crippen LogP contribution >= 0.6 is 24.8 Å². The molecule has 0 spiro atoms.